The average molecular weight is 212 g/mol. The lowest BCUT2D eigenvalue weighted by molar-refractivity contribution is 0.534. The molecule has 0 bridgehead atoms. The zero-order chi connectivity index (χ0) is 10.4. The summed E-state index contributed by atoms with van der Waals surface area (Å²) in [4.78, 5) is -0.364. The van der Waals surface area contributed by atoms with Gasteiger partial charge in [-0.15, -0.1) is 11.6 Å². The molecule has 78 valence electrons. The van der Waals surface area contributed by atoms with Crippen LogP contribution in [0, 0.1) is 0 Å². The zero-order valence-corrected chi connectivity index (χ0v) is 9.43. The maximum absolute atomic E-state index is 6.50. The molecular formula is C12H18ClN. The van der Waals surface area contributed by atoms with E-state index in [4.69, 9.17) is 17.3 Å². The Hall–Kier alpha value is -0.530. The number of halogens is 1. The smallest absolute Gasteiger partial charge is 0.0816 e. The fourth-order valence-electron chi connectivity index (χ4n) is 1.56. The molecule has 0 aliphatic carbocycles. The van der Waals surface area contributed by atoms with Crippen molar-refractivity contribution >= 4 is 11.6 Å². The van der Waals surface area contributed by atoms with Crippen LogP contribution >= 0.6 is 11.6 Å². The van der Waals surface area contributed by atoms with Gasteiger partial charge in [-0.05, 0) is 12.0 Å². The molecule has 0 spiro atoms. The van der Waals surface area contributed by atoms with Crippen molar-refractivity contribution in [1.82, 2.24) is 0 Å². The molecule has 0 aromatic heterocycles. The van der Waals surface area contributed by atoms with Crippen LogP contribution < -0.4 is 5.73 Å². The Morgan fingerprint density at radius 1 is 1.29 bits per heavy atom. The number of benzene rings is 1. The second-order valence-electron chi connectivity index (χ2n) is 3.64. The summed E-state index contributed by atoms with van der Waals surface area (Å²) >= 11 is 6.50. The van der Waals surface area contributed by atoms with E-state index in [1.165, 1.54) is 0 Å². The normalized spacial score (nSPS) is 15.1. The lowest BCUT2D eigenvalue weighted by Crippen LogP contribution is -2.29. The van der Waals surface area contributed by atoms with Crippen molar-refractivity contribution in [2.24, 2.45) is 5.73 Å². The van der Waals surface area contributed by atoms with Gasteiger partial charge in [-0.1, -0.05) is 50.1 Å². The van der Waals surface area contributed by atoms with Crippen molar-refractivity contribution in [2.45, 2.75) is 31.1 Å². The SMILES string of the molecule is CCCCC(Cl)(CN)c1ccccc1. The van der Waals surface area contributed by atoms with E-state index in [0.29, 0.717) is 6.54 Å². The van der Waals surface area contributed by atoms with Gasteiger partial charge in [0, 0.05) is 6.54 Å². The molecule has 1 aromatic carbocycles. The van der Waals surface area contributed by atoms with Gasteiger partial charge < -0.3 is 5.73 Å². The van der Waals surface area contributed by atoms with Gasteiger partial charge >= 0.3 is 0 Å². The molecule has 2 heteroatoms. The van der Waals surface area contributed by atoms with E-state index >= 15 is 0 Å². The summed E-state index contributed by atoms with van der Waals surface area (Å²) in [5.74, 6) is 0. The molecule has 0 radical (unpaired) electrons. The minimum absolute atomic E-state index is 0.364. The summed E-state index contributed by atoms with van der Waals surface area (Å²) in [5, 5.41) is 0. The van der Waals surface area contributed by atoms with Crippen molar-refractivity contribution in [1.29, 1.82) is 0 Å². The van der Waals surface area contributed by atoms with Crippen LogP contribution in [0.25, 0.3) is 0 Å². The van der Waals surface area contributed by atoms with Gasteiger partial charge in [0.15, 0.2) is 0 Å². The third-order valence-corrected chi connectivity index (χ3v) is 3.10. The number of rotatable bonds is 5. The van der Waals surface area contributed by atoms with E-state index in [0.717, 1.165) is 24.8 Å². The first-order valence-corrected chi connectivity index (χ1v) is 5.55. The van der Waals surface area contributed by atoms with E-state index in [2.05, 4.69) is 19.1 Å². The highest BCUT2D eigenvalue weighted by atomic mass is 35.5. The molecule has 0 saturated carbocycles. The third-order valence-electron chi connectivity index (χ3n) is 2.54. The third kappa shape index (κ3) is 2.73. The Kier molecular flexibility index (Phi) is 4.43. The Morgan fingerprint density at radius 3 is 2.43 bits per heavy atom. The topological polar surface area (TPSA) is 26.0 Å². The van der Waals surface area contributed by atoms with Crippen LogP contribution in [0.1, 0.15) is 31.7 Å². The van der Waals surface area contributed by atoms with Crippen molar-refractivity contribution in [2.75, 3.05) is 6.54 Å². The summed E-state index contributed by atoms with van der Waals surface area (Å²) in [7, 11) is 0. The summed E-state index contributed by atoms with van der Waals surface area (Å²) in [6.45, 7) is 2.66. The maximum atomic E-state index is 6.50. The number of hydrogen-bond donors (Lipinski definition) is 1. The molecule has 0 aliphatic rings. The van der Waals surface area contributed by atoms with Crippen LogP contribution in [0.2, 0.25) is 0 Å². The van der Waals surface area contributed by atoms with Crippen molar-refractivity contribution in [3.05, 3.63) is 35.9 Å². The lowest BCUT2D eigenvalue weighted by atomic mass is 9.93. The summed E-state index contributed by atoms with van der Waals surface area (Å²) in [6, 6.07) is 10.1. The number of nitrogens with two attached hydrogens (primary N) is 1. The molecule has 0 fully saturated rings. The van der Waals surface area contributed by atoms with Gasteiger partial charge in [-0.2, -0.15) is 0 Å². The van der Waals surface area contributed by atoms with Gasteiger partial charge in [0.05, 0.1) is 4.87 Å². The predicted molar refractivity (Wildman–Crippen MR) is 62.6 cm³/mol. The minimum atomic E-state index is -0.364. The molecule has 1 rings (SSSR count). The van der Waals surface area contributed by atoms with Gasteiger partial charge in [0.2, 0.25) is 0 Å². The monoisotopic (exact) mass is 211 g/mol. The van der Waals surface area contributed by atoms with Crippen molar-refractivity contribution in [3.8, 4) is 0 Å². The first-order valence-electron chi connectivity index (χ1n) is 5.17. The fraction of sp³-hybridized carbons (Fsp3) is 0.500. The van der Waals surface area contributed by atoms with Gasteiger partial charge in [-0.3, -0.25) is 0 Å². The van der Waals surface area contributed by atoms with Crippen LogP contribution in [-0.2, 0) is 4.87 Å². The van der Waals surface area contributed by atoms with Gasteiger partial charge in [0.25, 0.3) is 0 Å². The largest absolute Gasteiger partial charge is 0.328 e. The number of unbranched alkanes of at least 4 members (excludes halogenated alkanes) is 1. The Morgan fingerprint density at radius 2 is 1.93 bits per heavy atom. The van der Waals surface area contributed by atoms with Crippen LogP contribution in [0.4, 0.5) is 0 Å². The molecule has 1 nitrogen and oxygen atoms in total. The second kappa shape index (κ2) is 5.38. The van der Waals surface area contributed by atoms with E-state index in [-0.39, 0.29) is 4.87 Å². The average Bonchev–Trinajstić information content (AvgIpc) is 2.27. The molecule has 2 N–H and O–H groups in total. The van der Waals surface area contributed by atoms with Crippen LogP contribution in [-0.4, -0.2) is 6.54 Å². The number of hydrogen-bond acceptors (Lipinski definition) is 1. The Bertz CT molecular complexity index is 260. The first-order chi connectivity index (χ1) is 6.73. The molecule has 0 saturated heterocycles. The van der Waals surface area contributed by atoms with E-state index in [9.17, 15) is 0 Å². The molecule has 0 aliphatic heterocycles. The summed E-state index contributed by atoms with van der Waals surface area (Å²) in [6.07, 6.45) is 3.22. The van der Waals surface area contributed by atoms with Gasteiger partial charge in [-0.25, -0.2) is 0 Å². The van der Waals surface area contributed by atoms with E-state index in [1.54, 1.807) is 0 Å². The zero-order valence-electron chi connectivity index (χ0n) is 8.67. The molecule has 0 amide bonds. The maximum Gasteiger partial charge on any atom is 0.0816 e. The second-order valence-corrected chi connectivity index (χ2v) is 4.36. The predicted octanol–water partition coefficient (Wildman–Crippen LogP) is 3.27. The van der Waals surface area contributed by atoms with E-state index < -0.39 is 0 Å². The molecular weight excluding hydrogens is 194 g/mol. The summed E-state index contributed by atoms with van der Waals surface area (Å²) < 4.78 is 0. The first kappa shape index (κ1) is 11.5. The highest BCUT2D eigenvalue weighted by molar-refractivity contribution is 6.24. The Balaban J connectivity index is 2.79. The Labute approximate surface area is 91.3 Å². The van der Waals surface area contributed by atoms with Crippen molar-refractivity contribution < 1.29 is 0 Å². The molecule has 1 unspecified atom stereocenters. The molecule has 1 atom stereocenters. The van der Waals surface area contributed by atoms with E-state index in [1.807, 2.05) is 18.2 Å². The molecule has 1 aromatic rings. The van der Waals surface area contributed by atoms with Gasteiger partial charge in [0.1, 0.15) is 0 Å². The molecule has 0 heterocycles. The van der Waals surface area contributed by atoms with Crippen LogP contribution in [0.3, 0.4) is 0 Å². The van der Waals surface area contributed by atoms with Crippen molar-refractivity contribution in [3.63, 3.8) is 0 Å². The quantitative estimate of drug-likeness (QED) is 0.744. The minimum Gasteiger partial charge on any atom is -0.328 e. The number of alkyl halides is 1. The van der Waals surface area contributed by atoms with Crippen LogP contribution in [0.15, 0.2) is 30.3 Å². The summed E-state index contributed by atoms with van der Waals surface area (Å²) in [5.41, 5.74) is 6.88. The highest BCUT2D eigenvalue weighted by Crippen LogP contribution is 2.33. The lowest BCUT2D eigenvalue weighted by Gasteiger charge is -2.25. The fourth-order valence-corrected chi connectivity index (χ4v) is 1.82. The standard InChI is InChI=1S/C12H18ClN/c1-2-3-9-12(13,10-14)11-7-5-4-6-8-11/h4-8H,2-3,9-10,14H2,1H3. The van der Waals surface area contributed by atoms with Crippen LogP contribution in [0.5, 0.6) is 0 Å². The highest BCUT2D eigenvalue weighted by Gasteiger charge is 2.26. The molecule has 14 heavy (non-hydrogen) atoms.